The molecule has 100 valence electrons. The first-order valence-corrected chi connectivity index (χ1v) is 7.29. The van der Waals surface area contributed by atoms with Gasteiger partial charge in [-0.15, -0.1) is 0 Å². The van der Waals surface area contributed by atoms with Crippen LogP contribution in [0.15, 0.2) is 0 Å². The fourth-order valence-corrected chi connectivity index (χ4v) is 2.84. The van der Waals surface area contributed by atoms with Crippen LogP contribution in [-0.4, -0.2) is 42.8 Å². The molecule has 1 aliphatic heterocycles. The van der Waals surface area contributed by atoms with Crippen molar-refractivity contribution in [2.45, 2.75) is 64.1 Å². The van der Waals surface area contributed by atoms with Gasteiger partial charge in [0.2, 0.25) is 0 Å². The van der Waals surface area contributed by atoms with Crippen LogP contribution in [0.4, 0.5) is 0 Å². The highest BCUT2D eigenvalue weighted by Gasteiger charge is 2.37. The standard InChI is InChI=1S/C14H28N2O/c1-11(2)7-8-16(12-5-6-12)13(10-15)14-4-3-9-17-14/h11-14H,3-10,15H2,1-2H3. The van der Waals surface area contributed by atoms with Gasteiger partial charge in [-0.1, -0.05) is 13.8 Å². The second-order valence-electron chi connectivity index (χ2n) is 6.01. The fourth-order valence-electron chi connectivity index (χ4n) is 2.84. The van der Waals surface area contributed by atoms with Gasteiger partial charge >= 0.3 is 0 Å². The Balaban J connectivity index is 1.91. The van der Waals surface area contributed by atoms with Crippen LogP contribution in [0.2, 0.25) is 0 Å². The highest BCUT2D eigenvalue weighted by atomic mass is 16.5. The second kappa shape index (κ2) is 6.17. The van der Waals surface area contributed by atoms with Crippen molar-refractivity contribution in [2.24, 2.45) is 11.7 Å². The molecule has 0 bridgehead atoms. The number of nitrogens with zero attached hydrogens (tertiary/aromatic N) is 1. The summed E-state index contributed by atoms with van der Waals surface area (Å²) in [5.74, 6) is 0.777. The predicted octanol–water partition coefficient (Wildman–Crippen LogP) is 2.00. The quantitative estimate of drug-likeness (QED) is 0.740. The summed E-state index contributed by atoms with van der Waals surface area (Å²) in [5, 5.41) is 0. The molecule has 2 rings (SSSR count). The van der Waals surface area contributed by atoms with Crippen LogP contribution < -0.4 is 5.73 Å². The average Bonchev–Trinajstić information content (AvgIpc) is 3.00. The smallest absolute Gasteiger partial charge is 0.0743 e. The van der Waals surface area contributed by atoms with E-state index >= 15 is 0 Å². The Labute approximate surface area is 106 Å². The van der Waals surface area contributed by atoms with Crippen LogP contribution in [0.25, 0.3) is 0 Å². The maximum absolute atomic E-state index is 6.00. The number of ether oxygens (including phenoxy) is 1. The van der Waals surface area contributed by atoms with Gasteiger partial charge in [0.15, 0.2) is 0 Å². The third-order valence-electron chi connectivity index (χ3n) is 4.04. The van der Waals surface area contributed by atoms with Gasteiger partial charge in [0.05, 0.1) is 6.10 Å². The largest absolute Gasteiger partial charge is 0.377 e. The van der Waals surface area contributed by atoms with Gasteiger partial charge in [0.25, 0.3) is 0 Å². The van der Waals surface area contributed by atoms with E-state index in [0.717, 1.165) is 25.1 Å². The van der Waals surface area contributed by atoms with E-state index in [-0.39, 0.29) is 0 Å². The summed E-state index contributed by atoms with van der Waals surface area (Å²) in [7, 11) is 0. The molecule has 2 unspecified atom stereocenters. The molecular weight excluding hydrogens is 212 g/mol. The van der Waals surface area contributed by atoms with Crippen molar-refractivity contribution in [1.82, 2.24) is 4.90 Å². The summed E-state index contributed by atoms with van der Waals surface area (Å²) in [4.78, 5) is 2.65. The van der Waals surface area contributed by atoms with E-state index in [4.69, 9.17) is 10.5 Å². The third-order valence-corrected chi connectivity index (χ3v) is 4.04. The number of hydrogen-bond donors (Lipinski definition) is 1. The Morgan fingerprint density at radius 2 is 2.06 bits per heavy atom. The Kier molecular flexibility index (Phi) is 4.83. The van der Waals surface area contributed by atoms with E-state index in [9.17, 15) is 0 Å². The minimum atomic E-state index is 0.396. The highest BCUT2D eigenvalue weighted by molar-refractivity contribution is 4.93. The van der Waals surface area contributed by atoms with Crippen LogP contribution in [0.5, 0.6) is 0 Å². The molecule has 2 fully saturated rings. The number of hydrogen-bond acceptors (Lipinski definition) is 3. The van der Waals surface area contributed by atoms with Crippen molar-refractivity contribution in [3.8, 4) is 0 Å². The second-order valence-corrected chi connectivity index (χ2v) is 6.01. The molecule has 17 heavy (non-hydrogen) atoms. The first kappa shape index (κ1) is 13.3. The molecule has 2 N–H and O–H groups in total. The summed E-state index contributed by atoms with van der Waals surface area (Å²) in [5.41, 5.74) is 6.00. The number of rotatable bonds is 7. The van der Waals surface area contributed by atoms with Gasteiger partial charge in [-0.3, -0.25) is 4.90 Å². The van der Waals surface area contributed by atoms with Crippen LogP contribution in [0, 0.1) is 5.92 Å². The summed E-state index contributed by atoms with van der Waals surface area (Å²) in [6, 6.07) is 1.26. The zero-order chi connectivity index (χ0) is 12.3. The Morgan fingerprint density at radius 3 is 2.53 bits per heavy atom. The van der Waals surface area contributed by atoms with Gasteiger partial charge < -0.3 is 10.5 Å². The van der Waals surface area contributed by atoms with E-state index in [0.29, 0.717) is 12.1 Å². The van der Waals surface area contributed by atoms with E-state index in [1.807, 2.05) is 0 Å². The molecule has 3 heteroatoms. The molecule has 2 aliphatic rings. The summed E-state index contributed by atoms with van der Waals surface area (Å²) >= 11 is 0. The van der Waals surface area contributed by atoms with Gasteiger partial charge in [0, 0.05) is 25.2 Å². The maximum Gasteiger partial charge on any atom is 0.0743 e. The molecule has 0 aromatic carbocycles. The number of nitrogens with two attached hydrogens (primary N) is 1. The lowest BCUT2D eigenvalue weighted by molar-refractivity contribution is 0.0217. The zero-order valence-corrected chi connectivity index (χ0v) is 11.4. The van der Waals surface area contributed by atoms with Crippen molar-refractivity contribution in [3.05, 3.63) is 0 Å². The fraction of sp³-hybridized carbons (Fsp3) is 1.00. The van der Waals surface area contributed by atoms with Crippen LogP contribution in [0.1, 0.15) is 46.0 Å². The average molecular weight is 240 g/mol. The Morgan fingerprint density at radius 1 is 1.29 bits per heavy atom. The molecule has 1 saturated carbocycles. The molecule has 1 saturated heterocycles. The molecule has 0 spiro atoms. The van der Waals surface area contributed by atoms with Gasteiger partial charge in [-0.25, -0.2) is 0 Å². The molecular formula is C14H28N2O. The topological polar surface area (TPSA) is 38.5 Å². The third kappa shape index (κ3) is 3.67. The summed E-state index contributed by atoms with van der Waals surface area (Å²) in [6.45, 7) is 7.48. The van der Waals surface area contributed by atoms with E-state index < -0.39 is 0 Å². The molecule has 0 radical (unpaired) electrons. The zero-order valence-electron chi connectivity index (χ0n) is 11.4. The van der Waals surface area contributed by atoms with Gasteiger partial charge in [-0.2, -0.15) is 0 Å². The monoisotopic (exact) mass is 240 g/mol. The summed E-state index contributed by atoms with van der Waals surface area (Å²) in [6.07, 6.45) is 6.81. The van der Waals surface area contributed by atoms with Crippen molar-refractivity contribution < 1.29 is 4.74 Å². The molecule has 1 heterocycles. The van der Waals surface area contributed by atoms with E-state index in [2.05, 4.69) is 18.7 Å². The Bertz CT molecular complexity index is 222. The molecule has 3 nitrogen and oxygen atoms in total. The van der Waals surface area contributed by atoms with Gasteiger partial charge in [0.1, 0.15) is 0 Å². The highest BCUT2D eigenvalue weighted by Crippen LogP contribution is 2.32. The molecule has 1 aliphatic carbocycles. The molecule has 2 atom stereocenters. The summed E-state index contributed by atoms with van der Waals surface area (Å²) < 4.78 is 5.85. The minimum absolute atomic E-state index is 0.396. The molecule has 0 aromatic rings. The van der Waals surface area contributed by atoms with Crippen LogP contribution in [-0.2, 0) is 4.74 Å². The lowest BCUT2D eigenvalue weighted by atomic mass is 10.0. The molecule has 0 aromatic heterocycles. The predicted molar refractivity (Wildman–Crippen MR) is 71.0 cm³/mol. The SMILES string of the molecule is CC(C)CCN(C1CC1)C(CN)C1CCCO1. The first-order valence-electron chi connectivity index (χ1n) is 7.29. The normalized spacial score (nSPS) is 27.0. The van der Waals surface area contributed by atoms with Crippen molar-refractivity contribution >= 4 is 0 Å². The lowest BCUT2D eigenvalue weighted by Crippen LogP contribution is -2.49. The Hall–Kier alpha value is -0.120. The molecule has 0 amide bonds. The lowest BCUT2D eigenvalue weighted by Gasteiger charge is -2.35. The van der Waals surface area contributed by atoms with E-state index in [1.54, 1.807) is 0 Å². The van der Waals surface area contributed by atoms with E-state index in [1.165, 1.54) is 38.6 Å². The maximum atomic E-state index is 6.00. The van der Waals surface area contributed by atoms with Gasteiger partial charge in [-0.05, 0) is 44.6 Å². The van der Waals surface area contributed by atoms with Crippen LogP contribution >= 0.6 is 0 Å². The van der Waals surface area contributed by atoms with Crippen molar-refractivity contribution in [2.75, 3.05) is 19.7 Å². The minimum Gasteiger partial charge on any atom is -0.377 e. The van der Waals surface area contributed by atoms with Crippen molar-refractivity contribution in [3.63, 3.8) is 0 Å². The van der Waals surface area contributed by atoms with Crippen LogP contribution in [0.3, 0.4) is 0 Å². The van der Waals surface area contributed by atoms with Crippen molar-refractivity contribution in [1.29, 1.82) is 0 Å². The first-order chi connectivity index (χ1) is 8.22.